The third kappa shape index (κ3) is 5.12. The van der Waals surface area contributed by atoms with Gasteiger partial charge in [-0.15, -0.1) is 0 Å². The Hall–Kier alpha value is -1.10. The van der Waals surface area contributed by atoms with Crippen molar-refractivity contribution in [3.05, 3.63) is 0 Å². The molecule has 0 saturated carbocycles. The molecule has 1 amide bonds. The van der Waals surface area contributed by atoms with Gasteiger partial charge in [-0.2, -0.15) is 0 Å². The molecule has 1 saturated heterocycles. The maximum atomic E-state index is 12.3. The average molecular weight is 284 g/mol. The second kappa shape index (κ2) is 7.62. The molecular weight excluding hydrogens is 256 g/mol. The minimum absolute atomic E-state index is 0.128. The van der Waals surface area contributed by atoms with Gasteiger partial charge in [0.15, 0.2) is 0 Å². The van der Waals surface area contributed by atoms with Crippen molar-refractivity contribution < 1.29 is 14.7 Å². The highest BCUT2D eigenvalue weighted by Gasteiger charge is 2.26. The van der Waals surface area contributed by atoms with Crippen LogP contribution in [-0.2, 0) is 9.59 Å². The number of hydrogen-bond acceptors (Lipinski definition) is 3. The van der Waals surface area contributed by atoms with Crippen molar-refractivity contribution in [2.45, 2.75) is 34.1 Å². The van der Waals surface area contributed by atoms with Crippen LogP contribution >= 0.6 is 0 Å². The second-order valence-corrected chi connectivity index (χ2v) is 6.31. The summed E-state index contributed by atoms with van der Waals surface area (Å²) in [6.07, 6.45) is 1.18. The van der Waals surface area contributed by atoms with Crippen LogP contribution in [0.1, 0.15) is 34.1 Å². The summed E-state index contributed by atoms with van der Waals surface area (Å²) < 4.78 is 0. The first-order chi connectivity index (χ1) is 9.33. The van der Waals surface area contributed by atoms with Crippen molar-refractivity contribution in [2.24, 2.45) is 17.8 Å². The fourth-order valence-corrected chi connectivity index (χ4v) is 2.93. The van der Waals surface area contributed by atoms with Gasteiger partial charge in [0.25, 0.3) is 0 Å². The first-order valence-corrected chi connectivity index (χ1v) is 7.56. The Morgan fingerprint density at radius 2 is 1.85 bits per heavy atom. The Kier molecular flexibility index (Phi) is 6.46. The van der Waals surface area contributed by atoms with Gasteiger partial charge in [-0.05, 0) is 24.8 Å². The lowest BCUT2D eigenvalue weighted by atomic mass is 9.92. The summed E-state index contributed by atoms with van der Waals surface area (Å²) in [5.41, 5.74) is 0. The Balaban J connectivity index is 2.52. The van der Waals surface area contributed by atoms with Gasteiger partial charge < -0.3 is 10.0 Å². The normalized spacial score (nSPS) is 24.8. The zero-order valence-corrected chi connectivity index (χ0v) is 13.1. The molecule has 1 fully saturated rings. The molecule has 3 unspecified atom stereocenters. The van der Waals surface area contributed by atoms with E-state index >= 15 is 0 Å². The lowest BCUT2D eigenvalue weighted by molar-refractivity contribution is -0.143. The number of likely N-dealkylation sites (tertiary alicyclic amines) is 1. The van der Waals surface area contributed by atoms with Crippen molar-refractivity contribution in [2.75, 3.05) is 32.7 Å². The number of amides is 1. The Labute approximate surface area is 121 Å². The van der Waals surface area contributed by atoms with Crippen molar-refractivity contribution in [1.29, 1.82) is 0 Å². The molecule has 5 nitrogen and oxygen atoms in total. The van der Waals surface area contributed by atoms with Gasteiger partial charge >= 0.3 is 5.97 Å². The van der Waals surface area contributed by atoms with E-state index in [1.54, 1.807) is 6.92 Å². The number of carbonyl (C=O) groups is 2. The number of rotatable bonds is 6. The molecule has 1 rings (SSSR count). The van der Waals surface area contributed by atoms with Gasteiger partial charge in [-0.3, -0.25) is 14.5 Å². The van der Waals surface area contributed by atoms with Crippen LogP contribution in [0, 0.1) is 17.8 Å². The van der Waals surface area contributed by atoms with Crippen LogP contribution < -0.4 is 0 Å². The lowest BCUT2D eigenvalue weighted by Crippen LogP contribution is -2.47. The van der Waals surface area contributed by atoms with Crippen molar-refractivity contribution in [3.8, 4) is 0 Å². The average Bonchev–Trinajstić information content (AvgIpc) is 2.36. The third-order valence-corrected chi connectivity index (χ3v) is 3.98. The zero-order chi connectivity index (χ0) is 15.3. The van der Waals surface area contributed by atoms with Gasteiger partial charge in [-0.25, -0.2) is 0 Å². The molecule has 20 heavy (non-hydrogen) atoms. The van der Waals surface area contributed by atoms with Crippen molar-refractivity contribution >= 4 is 11.9 Å². The zero-order valence-electron chi connectivity index (χ0n) is 13.1. The number of likely N-dealkylation sites (N-methyl/N-ethyl adjacent to an activating group) is 1. The van der Waals surface area contributed by atoms with Gasteiger partial charge in [0.1, 0.15) is 0 Å². The number of carboxylic acids is 1. The number of nitrogens with zero attached hydrogens (tertiary/aromatic N) is 2. The largest absolute Gasteiger partial charge is 0.481 e. The van der Waals surface area contributed by atoms with E-state index in [0.29, 0.717) is 31.5 Å². The van der Waals surface area contributed by atoms with E-state index in [0.717, 1.165) is 13.1 Å². The molecule has 0 aliphatic carbocycles. The molecule has 0 aromatic heterocycles. The third-order valence-electron chi connectivity index (χ3n) is 3.98. The molecule has 1 heterocycles. The van der Waals surface area contributed by atoms with Crippen LogP contribution in [-0.4, -0.2) is 59.5 Å². The topological polar surface area (TPSA) is 60.9 Å². The number of carbonyl (C=O) groups excluding carboxylic acids is 1. The molecule has 0 radical (unpaired) electrons. The van der Waals surface area contributed by atoms with Crippen LogP contribution in [0.5, 0.6) is 0 Å². The molecule has 0 aromatic rings. The maximum absolute atomic E-state index is 12.3. The van der Waals surface area contributed by atoms with Crippen LogP contribution in [0.3, 0.4) is 0 Å². The standard InChI is InChI=1S/C15H28N2O3/c1-5-16(9-13(4)15(19)20)10-14(18)17-7-11(2)6-12(3)8-17/h11-13H,5-10H2,1-4H3,(H,19,20). The fourth-order valence-electron chi connectivity index (χ4n) is 2.93. The fraction of sp³-hybridized carbons (Fsp3) is 0.867. The quantitative estimate of drug-likeness (QED) is 0.803. The highest BCUT2D eigenvalue weighted by molar-refractivity contribution is 5.78. The molecule has 0 spiro atoms. The summed E-state index contributed by atoms with van der Waals surface area (Å²) in [6.45, 7) is 11.1. The summed E-state index contributed by atoms with van der Waals surface area (Å²) in [5, 5.41) is 8.96. The van der Waals surface area contributed by atoms with E-state index in [4.69, 9.17) is 5.11 Å². The summed E-state index contributed by atoms with van der Waals surface area (Å²) in [5.74, 6) is -0.0210. The van der Waals surface area contributed by atoms with Gasteiger partial charge in [0.05, 0.1) is 12.5 Å². The Morgan fingerprint density at radius 1 is 1.30 bits per heavy atom. The smallest absolute Gasteiger partial charge is 0.307 e. The van der Waals surface area contributed by atoms with Crippen molar-refractivity contribution in [1.82, 2.24) is 9.80 Å². The van der Waals surface area contributed by atoms with E-state index in [1.807, 2.05) is 16.7 Å². The summed E-state index contributed by atoms with van der Waals surface area (Å²) in [6, 6.07) is 0. The molecule has 0 aromatic carbocycles. The predicted molar refractivity (Wildman–Crippen MR) is 78.4 cm³/mol. The highest BCUT2D eigenvalue weighted by Crippen LogP contribution is 2.21. The van der Waals surface area contributed by atoms with Crippen LogP contribution in [0.15, 0.2) is 0 Å². The first-order valence-electron chi connectivity index (χ1n) is 7.56. The SMILES string of the molecule is CCN(CC(=O)N1CC(C)CC(C)C1)CC(C)C(=O)O. The number of carboxylic acid groups (broad SMARTS) is 1. The predicted octanol–water partition coefficient (Wildman–Crippen LogP) is 1.53. The molecule has 5 heteroatoms. The number of piperidine rings is 1. The minimum atomic E-state index is -0.809. The van der Waals surface area contributed by atoms with E-state index in [2.05, 4.69) is 13.8 Å². The minimum Gasteiger partial charge on any atom is -0.481 e. The molecule has 3 atom stereocenters. The van der Waals surface area contributed by atoms with Gasteiger partial charge in [-0.1, -0.05) is 27.7 Å². The summed E-state index contributed by atoms with van der Waals surface area (Å²) in [4.78, 5) is 27.1. The lowest BCUT2D eigenvalue weighted by Gasteiger charge is -2.36. The first kappa shape index (κ1) is 17.0. The van der Waals surface area contributed by atoms with Crippen LogP contribution in [0.2, 0.25) is 0 Å². The van der Waals surface area contributed by atoms with E-state index in [-0.39, 0.29) is 5.91 Å². The molecule has 1 N–H and O–H groups in total. The Bertz CT molecular complexity index is 336. The van der Waals surface area contributed by atoms with Crippen molar-refractivity contribution in [3.63, 3.8) is 0 Å². The van der Waals surface area contributed by atoms with E-state index in [1.165, 1.54) is 6.42 Å². The number of aliphatic carboxylic acids is 1. The number of hydrogen-bond donors (Lipinski definition) is 1. The van der Waals surface area contributed by atoms with Gasteiger partial charge in [0, 0.05) is 19.6 Å². The van der Waals surface area contributed by atoms with Crippen LogP contribution in [0.25, 0.3) is 0 Å². The van der Waals surface area contributed by atoms with E-state index < -0.39 is 11.9 Å². The summed E-state index contributed by atoms with van der Waals surface area (Å²) >= 11 is 0. The maximum Gasteiger partial charge on any atom is 0.307 e. The van der Waals surface area contributed by atoms with Crippen LogP contribution in [0.4, 0.5) is 0 Å². The molecule has 0 bridgehead atoms. The Morgan fingerprint density at radius 3 is 2.30 bits per heavy atom. The van der Waals surface area contributed by atoms with Gasteiger partial charge in [0.2, 0.25) is 5.91 Å². The molecule has 116 valence electrons. The molecule has 1 aliphatic heterocycles. The monoisotopic (exact) mass is 284 g/mol. The summed E-state index contributed by atoms with van der Waals surface area (Å²) in [7, 11) is 0. The second-order valence-electron chi connectivity index (χ2n) is 6.31. The molecule has 1 aliphatic rings. The highest BCUT2D eigenvalue weighted by atomic mass is 16.4. The van der Waals surface area contributed by atoms with E-state index in [9.17, 15) is 9.59 Å². The molecular formula is C15H28N2O3.